The molecule has 7 nitrogen and oxygen atoms in total. The fourth-order valence-corrected chi connectivity index (χ4v) is 1.91. The van der Waals surface area contributed by atoms with E-state index in [1.807, 2.05) is 0 Å². The summed E-state index contributed by atoms with van der Waals surface area (Å²) >= 11 is 0. The maximum atomic E-state index is 13.7. The van der Waals surface area contributed by atoms with Gasteiger partial charge in [-0.2, -0.15) is 13.2 Å². The fourth-order valence-electron chi connectivity index (χ4n) is 1.91. The number of esters is 1. The van der Waals surface area contributed by atoms with Gasteiger partial charge >= 0.3 is 30.3 Å². The second-order valence-electron chi connectivity index (χ2n) is 5.01. The minimum absolute atomic E-state index is 0.286. The number of benzene rings is 1. The highest BCUT2D eigenvalue weighted by Gasteiger charge is 2.64. The zero-order chi connectivity index (χ0) is 21.6. The summed E-state index contributed by atoms with van der Waals surface area (Å²) in [6.45, 7) is 1.84. The number of anilines is 1. The van der Waals surface area contributed by atoms with Crippen LogP contribution in [0.4, 0.5) is 36.8 Å². The highest BCUT2D eigenvalue weighted by atomic mass is 19.4. The number of hydrogen-bond donors (Lipinski definition) is 2. The highest BCUT2D eigenvalue weighted by molar-refractivity contribution is 5.89. The van der Waals surface area contributed by atoms with Crippen LogP contribution in [0.2, 0.25) is 0 Å². The van der Waals surface area contributed by atoms with Gasteiger partial charge in [0.15, 0.2) is 0 Å². The number of ether oxygens (including phenoxy) is 3. The predicted octanol–water partition coefficient (Wildman–Crippen LogP) is 3.56. The van der Waals surface area contributed by atoms with Crippen LogP contribution < -0.4 is 15.4 Å². The Hall–Kier alpha value is -2.86. The van der Waals surface area contributed by atoms with Gasteiger partial charge in [-0.15, -0.1) is 13.2 Å². The molecule has 1 amide bonds. The SMILES string of the molecule is CCOC(=O)N[C@](Nc1ccc(OC(F)(F)F)cc1)(C(=O)OCC)C(F)(F)F. The van der Waals surface area contributed by atoms with Crippen LogP contribution in [0.1, 0.15) is 13.8 Å². The van der Waals surface area contributed by atoms with Crippen molar-refractivity contribution in [2.75, 3.05) is 18.5 Å². The van der Waals surface area contributed by atoms with Crippen molar-refractivity contribution in [1.82, 2.24) is 5.32 Å². The lowest BCUT2D eigenvalue weighted by molar-refractivity contribution is -0.274. The van der Waals surface area contributed by atoms with Gasteiger partial charge in [0, 0.05) is 5.69 Å². The van der Waals surface area contributed by atoms with E-state index >= 15 is 0 Å². The third-order valence-electron chi connectivity index (χ3n) is 2.99. The van der Waals surface area contributed by atoms with Crippen molar-refractivity contribution in [3.05, 3.63) is 24.3 Å². The zero-order valence-corrected chi connectivity index (χ0v) is 14.5. The van der Waals surface area contributed by atoms with E-state index in [2.05, 4.69) is 14.2 Å². The van der Waals surface area contributed by atoms with E-state index in [4.69, 9.17) is 0 Å². The number of carbonyl (C=O) groups is 2. The molecule has 0 aromatic heterocycles. The number of alkyl carbamates (subject to hydrolysis) is 1. The van der Waals surface area contributed by atoms with Gasteiger partial charge in [-0.3, -0.25) is 5.32 Å². The van der Waals surface area contributed by atoms with E-state index in [-0.39, 0.29) is 6.61 Å². The third-order valence-corrected chi connectivity index (χ3v) is 2.99. The Morgan fingerprint density at radius 2 is 1.46 bits per heavy atom. The molecule has 28 heavy (non-hydrogen) atoms. The predicted molar refractivity (Wildman–Crippen MR) is 82.3 cm³/mol. The largest absolute Gasteiger partial charge is 0.573 e. The van der Waals surface area contributed by atoms with Crippen LogP contribution in [-0.4, -0.2) is 43.5 Å². The van der Waals surface area contributed by atoms with Gasteiger partial charge in [0.05, 0.1) is 13.2 Å². The number of carbonyl (C=O) groups excluding carboxylic acids is 2. The molecular formula is C15H16F6N2O5. The molecule has 0 radical (unpaired) electrons. The second-order valence-corrected chi connectivity index (χ2v) is 5.01. The van der Waals surface area contributed by atoms with Crippen LogP contribution in [0.5, 0.6) is 5.75 Å². The minimum atomic E-state index is -5.41. The molecule has 1 rings (SSSR count). The Morgan fingerprint density at radius 3 is 1.89 bits per heavy atom. The quantitative estimate of drug-likeness (QED) is 0.400. The Labute approximate surface area is 154 Å². The van der Waals surface area contributed by atoms with Gasteiger partial charge in [0.1, 0.15) is 5.75 Å². The molecular weight excluding hydrogens is 402 g/mol. The van der Waals surface area contributed by atoms with Crippen molar-refractivity contribution in [3.63, 3.8) is 0 Å². The van der Waals surface area contributed by atoms with Crippen molar-refractivity contribution in [3.8, 4) is 5.75 Å². The molecule has 13 heteroatoms. The average molecular weight is 418 g/mol. The molecule has 1 aromatic rings. The van der Waals surface area contributed by atoms with Gasteiger partial charge in [-0.1, -0.05) is 0 Å². The normalized spacial score (nSPS) is 13.9. The first-order chi connectivity index (χ1) is 12.8. The lowest BCUT2D eigenvalue weighted by atomic mass is 10.1. The van der Waals surface area contributed by atoms with Crippen LogP contribution in [0.15, 0.2) is 24.3 Å². The highest BCUT2D eigenvalue weighted by Crippen LogP contribution is 2.34. The first-order valence-corrected chi connectivity index (χ1v) is 7.67. The summed E-state index contributed by atoms with van der Waals surface area (Å²) in [4.78, 5) is 23.7. The molecule has 0 saturated heterocycles. The van der Waals surface area contributed by atoms with E-state index in [0.29, 0.717) is 12.1 Å². The van der Waals surface area contributed by atoms with Crippen LogP contribution in [0.3, 0.4) is 0 Å². The molecule has 1 aromatic carbocycles. The zero-order valence-electron chi connectivity index (χ0n) is 14.5. The first kappa shape index (κ1) is 23.2. The van der Waals surface area contributed by atoms with Crippen molar-refractivity contribution in [1.29, 1.82) is 0 Å². The smallest absolute Gasteiger partial charge is 0.463 e. The number of hydrogen-bond acceptors (Lipinski definition) is 6. The van der Waals surface area contributed by atoms with Gasteiger partial charge in [0.25, 0.3) is 0 Å². The van der Waals surface area contributed by atoms with Gasteiger partial charge < -0.3 is 19.5 Å². The van der Waals surface area contributed by atoms with Crippen LogP contribution >= 0.6 is 0 Å². The molecule has 0 aliphatic heterocycles. The maximum absolute atomic E-state index is 13.7. The topological polar surface area (TPSA) is 85.9 Å². The number of nitrogens with one attached hydrogen (secondary N) is 2. The van der Waals surface area contributed by atoms with Crippen molar-refractivity contribution >= 4 is 17.7 Å². The Morgan fingerprint density at radius 1 is 0.929 bits per heavy atom. The van der Waals surface area contributed by atoms with E-state index in [9.17, 15) is 35.9 Å². The summed E-state index contributed by atoms with van der Waals surface area (Å²) in [6, 6.07) is 3.00. The number of rotatable bonds is 7. The number of amides is 1. The summed E-state index contributed by atoms with van der Waals surface area (Å²) in [6.07, 6.45) is -12.0. The minimum Gasteiger partial charge on any atom is -0.463 e. The molecule has 158 valence electrons. The van der Waals surface area contributed by atoms with Gasteiger partial charge in [-0.05, 0) is 38.1 Å². The summed E-state index contributed by atoms with van der Waals surface area (Å²) < 4.78 is 90.1. The summed E-state index contributed by atoms with van der Waals surface area (Å²) in [5, 5.41) is 3.12. The molecule has 0 aliphatic carbocycles. The average Bonchev–Trinajstić information content (AvgIpc) is 2.54. The monoisotopic (exact) mass is 418 g/mol. The lowest BCUT2D eigenvalue weighted by Gasteiger charge is -2.34. The molecule has 0 heterocycles. The summed E-state index contributed by atoms with van der Waals surface area (Å²) in [5.74, 6) is -2.60. The van der Waals surface area contributed by atoms with Gasteiger partial charge in [0.2, 0.25) is 0 Å². The Kier molecular flexibility index (Phi) is 7.36. The van der Waals surface area contributed by atoms with E-state index < -0.39 is 48.3 Å². The lowest BCUT2D eigenvalue weighted by Crippen LogP contribution is -2.69. The Bertz CT molecular complexity index is 677. The maximum Gasteiger partial charge on any atom is 0.573 e. The van der Waals surface area contributed by atoms with E-state index in [1.165, 1.54) is 19.2 Å². The fraction of sp³-hybridized carbons (Fsp3) is 0.467. The molecule has 2 N–H and O–H groups in total. The second kappa shape index (κ2) is 8.89. The van der Waals surface area contributed by atoms with Crippen molar-refractivity contribution in [2.45, 2.75) is 32.0 Å². The molecule has 0 fully saturated rings. The molecule has 1 atom stereocenters. The summed E-state index contributed by atoms with van der Waals surface area (Å²) in [7, 11) is 0. The molecule has 0 saturated carbocycles. The van der Waals surface area contributed by atoms with E-state index in [1.54, 1.807) is 5.32 Å². The third kappa shape index (κ3) is 6.09. The molecule has 0 spiro atoms. The van der Waals surface area contributed by atoms with Gasteiger partial charge in [-0.25, -0.2) is 9.59 Å². The standard InChI is InChI=1S/C15H16F6N2O5/c1-3-26-11(24)13(14(16,17)18,23-12(25)27-4-2)22-9-5-7-10(8-6-9)28-15(19,20)21/h5-8,22H,3-4H2,1-2H3,(H,23,25)/t13-/m1/s1. The van der Waals surface area contributed by atoms with Crippen LogP contribution in [0, 0.1) is 0 Å². The molecule has 0 bridgehead atoms. The number of alkyl halides is 6. The first-order valence-electron chi connectivity index (χ1n) is 7.67. The van der Waals surface area contributed by atoms with Crippen molar-refractivity contribution in [2.24, 2.45) is 0 Å². The van der Waals surface area contributed by atoms with Crippen LogP contribution in [0.25, 0.3) is 0 Å². The molecule has 0 unspecified atom stereocenters. The van der Waals surface area contributed by atoms with Crippen molar-refractivity contribution < 1.29 is 50.1 Å². The summed E-state index contributed by atoms with van der Waals surface area (Å²) in [5.41, 5.74) is -4.21. The number of halogens is 6. The Balaban J connectivity index is 3.26. The van der Waals surface area contributed by atoms with E-state index in [0.717, 1.165) is 12.1 Å². The van der Waals surface area contributed by atoms with Crippen LogP contribution in [-0.2, 0) is 14.3 Å². The molecule has 0 aliphatic rings.